The van der Waals surface area contributed by atoms with Crippen molar-refractivity contribution in [3.05, 3.63) is 23.7 Å². The van der Waals surface area contributed by atoms with Crippen LogP contribution < -0.4 is 5.32 Å². The zero-order valence-corrected chi connectivity index (χ0v) is 13.0. The molecule has 1 aliphatic rings. The van der Waals surface area contributed by atoms with Gasteiger partial charge in [0.15, 0.2) is 5.65 Å². The Hall–Kier alpha value is -1.62. The molecule has 5 nitrogen and oxygen atoms in total. The highest BCUT2D eigenvalue weighted by Crippen LogP contribution is 2.24. The molecule has 1 aliphatic carbocycles. The van der Waals surface area contributed by atoms with Crippen LogP contribution in [-0.2, 0) is 11.2 Å². The van der Waals surface area contributed by atoms with Crippen LogP contribution in [-0.4, -0.2) is 32.4 Å². The summed E-state index contributed by atoms with van der Waals surface area (Å²) < 4.78 is 1.92. The van der Waals surface area contributed by atoms with Gasteiger partial charge in [-0.25, -0.2) is 9.97 Å². The van der Waals surface area contributed by atoms with Crippen molar-refractivity contribution in [3.8, 4) is 0 Å². The third-order valence-corrected chi connectivity index (χ3v) is 4.05. The highest BCUT2D eigenvalue weighted by atomic mass is 35.5. The maximum absolute atomic E-state index is 12.4. The van der Waals surface area contributed by atoms with Crippen molar-refractivity contribution in [2.45, 2.75) is 45.2 Å². The van der Waals surface area contributed by atoms with E-state index in [-0.39, 0.29) is 11.9 Å². The van der Waals surface area contributed by atoms with E-state index in [2.05, 4.69) is 15.3 Å². The van der Waals surface area contributed by atoms with E-state index in [1.807, 2.05) is 24.5 Å². The fourth-order valence-electron chi connectivity index (χ4n) is 2.49. The topological polar surface area (TPSA) is 59.8 Å². The zero-order valence-electron chi connectivity index (χ0n) is 12.3. The van der Waals surface area contributed by atoms with E-state index in [9.17, 15) is 4.79 Å². The first-order valence-electron chi connectivity index (χ1n) is 7.30. The largest absolute Gasteiger partial charge is 0.352 e. The standard InChI is InChI=1S/C15H19ClN4O/c1-9-6-8-17-14-13(9)19-12(5-7-16)20(14)10(2)15(21)18-11-3-4-11/h6,8,10-11H,3-5,7H2,1-2H3,(H,18,21). The van der Waals surface area contributed by atoms with Crippen molar-refractivity contribution >= 4 is 28.7 Å². The molecule has 0 aromatic carbocycles. The first-order chi connectivity index (χ1) is 10.1. The Bertz CT molecular complexity index is 678. The SMILES string of the molecule is Cc1ccnc2c1nc(CCCl)n2C(C)C(=O)NC1CC1. The molecule has 1 atom stereocenters. The zero-order chi connectivity index (χ0) is 15.0. The number of imidazole rings is 1. The van der Waals surface area contributed by atoms with Crippen LogP contribution in [0, 0.1) is 6.92 Å². The summed E-state index contributed by atoms with van der Waals surface area (Å²) in [5.41, 5.74) is 2.67. The van der Waals surface area contributed by atoms with E-state index in [4.69, 9.17) is 11.6 Å². The monoisotopic (exact) mass is 306 g/mol. The minimum atomic E-state index is -0.330. The van der Waals surface area contributed by atoms with Gasteiger partial charge in [-0.3, -0.25) is 4.79 Å². The molecule has 1 saturated carbocycles. The van der Waals surface area contributed by atoms with Crippen molar-refractivity contribution < 1.29 is 4.79 Å². The van der Waals surface area contributed by atoms with Crippen LogP contribution in [0.15, 0.2) is 12.3 Å². The Balaban J connectivity index is 2.03. The van der Waals surface area contributed by atoms with Crippen LogP contribution in [0.5, 0.6) is 0 Å². The molecule has 0 aliphatic heterocycles. The van der Waals surface area contributed by atoms with Crippen LogP contribution in [0.4, 0.5) is 0 Å². The molecule has 0 bridgehead atoms. The fraction of sp³-hybridized carbons (Fsp3) is 0.533. The number of hydrogen-bond acceptors (Lipinski definition) is 3. The molecule has 2 heterocycles. The molecule has 1 amide bonds. The predicted octanol–water partition coefficient (Wildman–Crippen LogP) is 2.36. The van der Waals surface area contributed by atoms with Gasteiger partial charge in [-0.2, -0.15) is 0 Å². The molecule has 0 radical (unpaired) electrons. The molecular formula is C15H19ClN4O. The van der Waals surface area contributed by atoms with Gasteiger partial charge >= 0.3 is 0 Å². The number of fused-ring (bicyclic) bond motifs is 1. The molecule has 3 rings (SSSR count). The summed E-state index contributed by atoms with van der Waals surface area (Å²) in [6.07, 6.45) is 4.54. The highest BCUT2D eigenvalue weighted by molar-refractivity contribution is 6.17. The Kier molecular flexibility index (Phi) is 3.85. The molecule has 2 aromatic rings. The van der Waals surface area contributed by atoms with Gasteiger partial charge in [0.1, 0.15) is 17.4 Å². The molecule has 0 spiro atoms. The Morgan fingerprint density at radius 2 is 2.33 bits per heavy atom. The minimum absolute atomic E-state index is 0.0240. The average Bonchev–Trinajstić information content (AvgIpc) is 3.18. The third-order valence-electron chi connectivity index (χ3n) is 3.86. The van der Waals surface area contributed by atoms with Crippen LogP contribution in [0.1, 0.15) is 37.2 Å². The number of pyridine rings is 1. The molecule has 1 N–H and O–H groups in total. The lowest BCUT2D eigenvalue weighted by Crippen LogP contribution is -2.33. The van der Waals surface area contributed by atoms with Crippen LogP contribution in [0.25, 0.3) is 11.2 Å². The van der Waals surface area contributed by atoms with Crippen LogP contribution >= 0.6 is 11.6 Å². The maximum Gasteiger partial charge on any atom is 0.243 e. The van der Waals surface area contributed by atoms with Gasteiger partial charge in [-0.05, 0) is 38.3 Å². The third kappa shape index (κ3) is 2.75. The number of aromatic nitrogens is 3. The molecule has 112 valence electrons. The second kappa shape index (κ2) is 5.64. The first-order valence-corrected chi connectivity index (χ1v) is 7.84. The van der Waals surface area contributed by atoms with Crippen LogP contribution in [0.2, 0.25) is 0 Å². The van der Waals surface area contributed by atoms with Gasteiger partial charge in [-0.1, -0.05) is 0 Å². The Labute approximate surface area is 128 Å². The fourth-order valence-corrected chi connectivity index (χ4v) is 2.66. The number of amides is 1. The lowest BCUT2D eigenvalue weighted by Gasteiger charge is -2.16. The summed E-state index contributed by atoms with van der Waals surface area (Å²) in [5, 5.41) is 3.04. The molecule has 1 fully saturated rings. The summed E-state index contributed by atoms with van der Waals surface area (Å²) in [6, 6.07) is 1.95. The number of halogens is 1. The van der Waals surface area contributed by atoms with Gasteiger partial charge in [-0.15, -0.1) is 11.6 Å². The van der Waals surface area contributed by atoms with Gasteiger partial charge < -0.3 is 9.88 Å². The van der Waals surface area contributed by atoms with Gasteiger partial charge in [0.05, 0.1) is 0 Å². The Morgan fingerprint density at radius 3 is 3.00 bits per heavy atom. The van der Waals surface area contributed by atoms with Crippen molar-refractivity contribution in [1.82, 2.24) is 19.9 Å². The molecule has 2 aromatic heterocycles. The van der Waals surface area contributed by atoms with Crippen molar-refractivity contribution in [2.24, 2.45) is 0 Å². The highest BCUT2D eigenvalue weighted by Gasteiger charge is 2.28. The van der Waals surface area contributed by atoms with Crippen molar-refractivity contribution in [3.63, 3.8) is 0 Å². The van der Waals surface area contributed by atoms with Crippen LogP contribution in [0.3, 0.4) is 0 Å². The van der Waals surface area contributed by atoms with Gasteiger partial charge in [0, 0.05) is 24.5 Å². The van der Waals surface area contributed by atoms with Gasteiger partial charge in [0.25, 0.3) is 0 Å². The number of nitrogens with zero attached hydrogens (tertiary/aromatic N) is 3. The molecule has 6 heteroatoms. The summed E-state index contributed by atoms with van der Waals surface area (Å²) in [7, 11) is 0. The van der Waals surface area contributed by atoms with E-state index in [1.165, 1.54) is 0 Å². The van der Waals surface area contributed by atoms with Gasteiger partial charge in [0.2, 0.25) is 5.91 Å². The predicted molar refractivity (Wildman–Crippen MR) is 82.6 cm³/mol. The minimum Gasteiger partial charge on any atom is -0.352 e. The lowest BCUT2D eigenvalue weighted by molar-refractivity contribution is -0.124. The van der Waals surface area contributed by atoms with E-state index in [0.29, 0.717) is 18.3 Å². The summed E-state index contributed by atoms with van der Waals surface area (Å²) in [4.78, 5) is 21.4. The number of carbonyl (C=O) groups is 1. The second-order valence-electron chi connectivity index (χ2n) is 5.60. The second-order valence-corrected chi connectivity index (χ2v) is 5.97. The van der Waals surface area contributed by atoms with E-state index in [0.717, 1.165) is 35.4 Å². The van der Waals surface area contributed by atoms with Crippen molar-refractivity contribution in [2.75, 3.05) is 5.88 Å². The number of aryl methyl sites for hydroxylation is 2. The number of rotatable bonds is 5. The quantitative estimate of drug-likeness (QED) is 0.863. The summed E-state index contributed by atoms with van der Waals surface area (Å²) in [5.74, 6) is 1.32. The van der Waals surface area contributed by atoms with Crippen molar-refractivity contribution in [1.29, 1.82) is 0 Å². The summed E-state index contributed by atoms with van der Waals surface area (Å²) in [6.45, 7) is 3.89. The molecule has 1 unspecified atom stereocenters. The lowest BCUT2D eigenvalue weighted by atomic mass is 10.2. The molecule has 0 saturated heterocycles. The smallest absolute Gasteiger partial charge is 0.243 e. The Morgan fingerprint density at radius 1 is 1.57 bits per heavy atom. The summed E-state index contributed by atoms with van der Waals surface area (Å²) >= 11 is 5.88. The average molecular weight is 307 g/mol. The number of alkyl halides is 1. The number of hydrogen-bond donors (Lipinski definition) is 1. The number of carbonyl (C=O) groups excluding carboxylic acids is 1. The van der Waals surface area contributed by atoms with E-state index < -0.39 is 0 Å². The molecular weight excluding hydrogens is 288 g/mol. The molecule has 21 heavy (non-hydrogen) atoms. The normalized spacial score (nSPS) is 16.1. The maximum atomic E-state index is 12.4. The number of nitrogens with one attached hydrogen (secondary N) is 1. The van der Waals surface area contributed by atoms with E-state index >= 15 is 0 Å². The van der Waals surface area contributed by atoms with E-state index in [1.54, 1.807) is 6.20 Å². The first kappa shape index (κ1) is 14.3.